The van der Waals surface area contributed by atoms with Crippen molar-refractivity contribution >= 4 is 0 Å². The van der Waals surface area contributed by atoms with E-state index in [9.17, 15) is 0 Å². The van der Waals surface area contributed by atoms with Crippen LogP contribution < -0.4 is 9.47 Å². The average molecular weight is 401 g/mol. The standard InChI is InChI=1S/C25H36O4/c1-7-23(26-9-3)28-21-15-11-19(12-16-21)25(5,6)20-13-17-22(18-14-20)29-24(8-2)27-10-4/h11-18,23-24H,7-10H2,1-6H3. The molecule has 0 heterocycles. The molecule has 0 fully saturated rings. The van der Waals surface area contributed by atoms with Crippen LogP contribution in [0.15, 0.2) is 48.5 Å². The minimum Gasteiger partial charge on any atom is -0.465 e. The van der Waals surface area contributed by atoms with Gasteiger partial charge in [-0.25, -0.2) is 0 Å². The normalized spacial score (nSPS) is 13.7. The highest BCUT2D eigenvalue weighted by atomic mass is 16.7. The second-order valence-electron chi connectivity index (χ2n) is 7.50. The topological polar surface area (TPSA) is 36.9 Å². The summed E-state index contributed by atoms with van der Waals surface area (Å²) in [6.07, 6.45) is 1.24. The van der Waals surface area contributed by atoms with Crippen molar-refractivity contribution in [1.82, 2.24) is 0 Å². The van der Waals surface area contributed by atoms with Crippen LogP contribution in [-0.4, -0.2) is 25.8 Å². The molecule has 160 valence electrons. The number of ether oxygens (including phenoxy) is 4. The van der Waals surface area contributed by atoms with E-state index in [0.29, 0.717) is 13.2 Å². The molecule has 2 rings (SSSR count). The van der Waals surface area contributed by atoms with Gasteiger partial charge in [-0.3, -0.25) is 0 Å². The zero-order valence-electron chi connectivity index (χ0n) is 18.7. The van der Waals surface area contributed by atoms with Crippen LogP contribution in [0.5, 0.6) is 11.5 Å². The second kappa shape index (κ2) is 11.2. The van der Waals surface area contributed by atoms with Gasteiger partial charge in [-0.2, -0.15) is 0 Å². The number of hydrogen-bond acceptors (Lipinski definition) is 4. The van der Waals surface area contributed by atoms with E-state index in [4.69, 9.17) is 18.9 Å². The molecular weight excluding hydrogens is 364 g/mol. The quantitative estimate of drug-likeness (QED) is 0.391. The van der Waals surface area contributed by atoms with Gasteiger partial charge in [0.15, 0.2) is 12.6 Å². The molecule has 2 atom stereocenters. The monoisotopic (exact) mass is 400 g/mol. The molecule has 0 bridgehead atoms. The lowest BCUT2D eigenvalue weighted by Gasteiger charge is -2.27. The lowest BCUT2D eigenvalue weighted by molar-refractivity contribution is -0.0769. The minimum absolute atomic E-state index is 0.134. The Hall–Kier alpha value is -2.04. The van der Waals surface area contributed by atoms with Crippen LogP contribution in [0.25, 0.3) is 0 Å². The minimum atomic E-state index is -0.199. The Kier molecular flexibility index (Phi) is 8.99. The fraction of sp³-hybridized carbons (Fsp3) is 0.520. The molecule has 0 N–H and O–H groups in total. The molecule has 0 amide bonds. The Morgan fingerprint density at radius 1 is 0.621 bits per heavy atom. The van der Waals surface area contributed by atoms with E-state index in [0.717, 1.165) is 24.3 Å². The molecule has 0 spiro atoms. The summed E-state index contributed by atoms with van der Waals surface area (Å²) in [5, 5.41) is 0. The van der Waals surface area contributed by atoms with Crippen molar-refractivity contribution in [3.63, 3.8) is 0 Å². The molecule has 0 radical (unpaired) electrons. The Bertz CT molecular complexity index is 645. The van der Waals surface area contributed by atoms with Crippen LogP contribution >= 0.6 is 0 Å². The summed E-state index contributed by atoms with van der Waals surface area (Å²) in [7, 11) is 0. The van der Waals surface area contributed by atoms with Crippen LogP contribution in [0.1, 0.15) is 65.5 Å². The highest BCUT2D eigenvalue weighted by Crippen LogP contribution is 2.33. The Morgan fingerprint density at radius 3 is 1.24 bits per heavy atom. The van der Waals surface area contributed by atoms with E-state index in [1.165, 1.54) is 11.1 Å². The van der Waals surface area contributed by atoms with Crippen molar-refractivity contribution in [2.24, 2.45) is 0 Å². The first-order chi connectivity index (χ1) is 13.9. The summed E-state index contributed by atoms with van der Waals surface area (Å²) in [4.78, 5) is 0. The van der Waals surface area contributed by atoms with Gasteiger partial charge in [0.25, 0.3) is 0 Å². The van der Waals surface area contributed by atoms with Gasteiger partial charge in [-0.15, -0.1) is 0 Å². The first-order valence-corrected chi connectivity index (χ1v) is 10.7. The summed E-state index contributed by atoms with van der Waals surface area (Å²) < 4.78 is 23.0. The molecule has 0 aliphatic rings. The van der Waals surface area contributed by atoms with Gasteiger partial charge in [-0.05, 0) is 49.2 Å². The molecule has 0 aliphatic heterocycles. The summed E-state index contributed by atoms with van der Waals surface area (Å²) >= 11 is 0. The third kappa shape index (κ3) is 6.48. The van der Waals surface area contributed by atoms with Crippen molar-refractivity contribution in [1.29, 1.82) is 0 Å². The van der Waals surface area contributed by atoms with Gasteiger partial charge >= 0.3 is 0 Å². The number of hydrogen-bond donors (Lipinski definition) is 0. The molecule has 2 unspecified atom stereocenters. The van der Waals surface area contributed by atoms with Gasteiger partial charge in [0, 0.05) is 31.5 Å². The third-order valence-corrected chi connectivity index (χ3v) is 5.06. The predicted molar refractivity (Wildman–Crippen MR) is 118 cm³/mol. The van der Waals surface area contributed by atoms with Crippen LogP contribution in [0.4, 0.5) is 0 Å². The molecule has 2 aromatic carbocycles. The highest BCUT2D eigenvalue weighted by molar-refractivity contribution is 5.41. The van der Waals surface area contributed by atoms with E-state index >= 15 is 0 Å². The molecule has 4 heteroatoms. The summed E-state index contributed by atoms with van der Waals surface area (Å²) in [6, 6.07) is 16.6. The Labute approximate surface area is 176 Å². The SMILES string of the molecule is CCOC(CC)Oc1ccc(C(C)(C)c2ccc(OC(CC)OCC)cc2)cc1. The van der Waals surface area contributed by atoms with E-state index < -0.39 is 0 Å². The van der Waals surface area contributed by atoms with Gasteiger partial charge in [0.05, 0.1) is 0 Å². The fourth-order valence-electron chi connectivity index (χ4n) is 3.21. The van der Waals surface area contributed by atoms with E-state index in [-0.39, 0.29) is 18.0 Å². The molecular formula is C25H36O4. The highest BCUT2D eigenvalue weighted by Gasteiger charge is 2.23. The predicted octanol–water partition coefficient (Wildman–Crippen LogP) is 6.32. The van der Waals surface area contributed by atoms with Crippen molar-refractivity contribution < 1.29 is 18.9 Å². The maximum absolute atomic E-state index is 5.91. The van der Waals surface area contributed by atoms with Gasteiger partial charge in [0.1, 0.15) is 11.5 Å². The van der Waals surface area contributed by atoms with Crippen LogP contribution in [0.2, 0.25) is 0 Å². The zero-order valence-corrected chi connectivity index (χ0v) is 18.7. The van der Waals surface area contributed by atoms with Crippen LogP contribution in [-0.2, 0) is 14.9 Å². The van der Waals surface area contributed by atoms with Gasteiger partial charge < -0.3 is 18.9 Å². The smallest absolute Gasteiger partial charge is 0.199 e. The Balaban J connectivity index is 2.09. The Morgan fingerprint density at radius 2 is 0.966 bits per heavy atom. The van der Waals surface area contributed by atoms with Crippen LogP contribution in [0.3, 0.4) is 0 Å². The third-order valence-electron chi connectivity index (χ3n) is 5.06. The second-order valence-corrected chi connectivity index (χ2v) is 7.50. The molecule has 0 aliphatic carbocycles. The van der Waals surface area contributed by atoms with Crippen molar-refractivity contribution in [3.8, 4) is 11.5 Å². The molecule has 29 heavy (non-hydrogen) atoms. The molecule has 0 saturated heterocycles. The van der Waals surface area contributed by atoms with E-state index in [1.54, 1.807) is 0 Å². The molecule has 0 aromatic heterocycles. The van der Waals surface area contributed by atoms with Gasteiger partial charge in [-0.1, -0.05) is 52.0 Å². The molecule has 2 aromatic rings. The number of rotatable bonds is 12. The van der Waals surface area contributed by atoms with Gasteiger partial charge in [0.2, 0.25) is 0 Å². The molecule has 0 saturated carbocycles. The van der Waals surface area contributed by atoms with Crippen molar-refractivity contribution in [2.45, 2.75) is 72.4 Å². The van der Waals surface area contributed by atoms with E-state index in [2.05, 4.69) is 52.0 Å². The zero-order chi connectivity index (χ0) is 21.3. The van der Waals surface area contributed by atoms with Crippen molar-refractivity contribution in [2.75, 3.05) is 13.2 Å². The maximum Gasteiger partial charge on any atom is 0.199 e. The lowest BCUT2D eigenvalue weighted by atomic mass is 9.78. The maximum atomic E-state index is 5.91. The first kappa shape index (κ1) is 23.2. The average Bonchev–Trinajstić information content (AvgIpc) is 2.74. The number of benzene rings is 2. The first-order valence-electron chi connectivity index (χ1n) is 10.7. The summed E-state index contributed by atoms with van der Waals surface area (Å²) in [5.41, 5.74) is 2.32. The molecule has 4 nitrogen and oxygen atoms in total. The summed E-state index contributed by atoms with van der Waals surface area (Å²) in [5.74, 6) is 1.66. The summed E-state index contributed by atoms with van der Waals surface area (Å²) in [6.45, 7) is 13.8. The van der Waals surface area contributed by atoms with E-state index in [1.807, 2.05) is 38.1 Å². The lowest BCUT2D eigenvalue weighted by Crippen LogP contribution is -2.21. The van der Waals surface area contributed by atoms with Crippen molar-refractivity contribution in [3.05, 3.63) is 59.7 Å². The fourth-order valence-corrected chi connectivity index (χ4v) is 3.21. The largest absolute Gasteiger partial charge is 0.465 e. The van der Waals surface area contributed by atoms with Crippen LogP contribution in [0, 0.1) is 0 Å².